The molecule has 0 amide bonds. The number of nitrogen functional groups attached to an aromatic ring is 1. The number of aryl methyl sites for hydroxylation is 2. The van der Waals surface area contributed by atoms with Gasteiger partial charge in [0.15, 0.2) is 22.1 Å². The van der Waals surface area contributed by atoms with Crippen molar-refractivity contribution in [1.29, 1.82) is 0 Å². The Bertz CT molecular complexity index is 1340. The molecule has 34 heavy (non-hydrogen) atoms. The number of aromatic nitrogens is 5. The number of benzene rings is 1. The van der Waals surface area contributed by atoms with Crippen LogP contribution in [0.1, 0.15) is 38.5 Å². The predicted octanol–water partition coefficient (Wildman–Crippen LogP) is 4.24. The molecular formula is C24H29N7O2S. The van der Waals surface area contributed by atoms with E-state index in [1.807, 2.05) is 13.0 Å². The summed E-state index contributed by atoms with van der Waals surface area (Å²) in [6.45, 7) is 10.7. The number of rotatable bonds is 7. The minimum absolute atomic E-state index is 0.0662. The molecule has 3 N–H and O–H groups in total. The number of nitrogens with zero attached hydrogens (tertiary/aromatic N) is 5. The van der Waals surface area contributed by atoms with Crippen molar-refractivity contribution in [3.8, 4) is 17.2 Å². The molecular weight excluding hydrogens is 450 g/mol. The predicted molar refractivity (Wildman–Crippen MR) is 132 cm³/mol. The van der Waals surface area contributed by atoms with Crippen LogP contribution in [0, 0.1) is 6.92 Å². The molecule has 0 saturated carbocycles. The molecule has 0 spiro atoms. The van der Waals surface area contributed by atoms with Crippen LogP contribution in [0.5, 0.6) is 5.75 Å². The van der Waals surface area contributed by atoms with Gasteiger partial charge in [0.2, 0.25) is 5.89 Å². The summed E-state index contributed by atoms with van der Waals surface area (Å²) in [6.07, 6.45) is 5.02. The monoisotopic (exact) mass is 479 g/mol. The minimum Gasteiger partial charge on any atom is -0.493 e. The molecule has 9 nitrogen and oxygen atoms in total. The highest BCUT2D eigenvalue weighted by Gasteiger charge is 2.23. The third-order valence-corrected chi connectivity index (χ3v) is 6.64. The molecule has 178 valence electrons. The summed E-state index contributed by atoms with van der Waals surface area (Å²) in [4.78, 5) is 18.9. The lowest BCUT2D eigenvalue weighted by molar-refractivity contribution is 0.356. The molecule has 4 aromatic rings. The molecule has 0 radical (unpaired) electrons. The maximum absolute atomic E-state index is 6.15. The molecule has 1 aliphatic rings. The topological polar surface area (TPSA) is 117 Å². The summed E-state index contributed by atoms with van der Waals surface area (Å²) in [6, 6.07) is 4.17. The first kappa shape index (κ1) is 22.7. The Kier molecular flexibility index (Phi) is 5.95. The van der Waals surface area contributed by atoms with Crippen molar-refractivity contribution in [2.45, 2.75) is 62.7 Å². The number of nitrogens with one attached hydrogen (secondary N) is 1. The molecule has 0 bridgehead atoms. The lowest BCUT2D eigenvalue weighted by Gasteiger charge is -2.20. The summed E-state index contributed by atoms with van der Waals surface area (Å²) >= 11 is 1.56. The summed E-state index contributed by atoms with van der Waals surface area (Å²) in [5.41, 5.74) is 9.63. The molecule has 0 fully saturated rings. The van der Waals surface area contributed by atoms with E-state index in [0.717, 1.165) is 58.7 Å². The number of nitrogens with two attached hydrogens (primary N) is 1. The van der Waals surface area contributed by atoms with Crippen LogP contribution in [0.25, 0.3) is 22.6 Å². The van der Waals surface area contributed by atoms with Crippen molar-refractivity contribution in [3.05, 3.63) is 36.0 Å². The van der Waals surface area contributed by atoms with Gasteiger partial charge >= 0.3 is 0 Å². The summed E-state index contributed by atoms with van der Waals surface area (Å²) in [5, 5.41) is 4.35. The molecule has 1 aromatic carbocycles. The molecule has 0 aliphatic carbocycles. The van der Waals surface area contributed by atoms with E-state index < -0.39 is 0 Å². The van der Waals surface area contributed by atoms with E-state index in [2.05, 4.69) is 51.7 Å². The van der Waals surface area contributed by atoms with Crippen molar-refractivity contribution in [2.24, 2.45) is 0 Å². The third-order valence-electron chi connectivity index (χ3n) is 5.58. The van der Waals surface area contributed by atoms with Gasteiger partial charge < -0.3 is 24.8 Å². The fourth-order valence-electron chi connectivity index (χ4n) is 3.95. The zero-order valence-electron chi connectivity index (χ0n) is 19.9. The Balaban J connectivity index is 1.53. The van der Waals surface area contributed by atoms with E-state index in [1.54, 1.807) is 18.0 Å². The van der Waals surface area contributed by atoms with Crippen LogP contribution in [0.3, 0.4) is 0 Å². The van der Waals surface area contributed by atoms with E-state index in [4.69, 9.17) is 19.9 Å². The van der Waals surface area contributed by atoms with Crippen molar-refractivity contribution in [2.75, 3.05) is 18.9 Å². The van der Waals surface area contributed by atoms with Gasteiger partial charge in [0.05, 0.1) is 18.4 Å². The maximum atomic E-state index is 6.15. The molecule has 10 heteroatoms. The minimum atomic E-state index is 0.0662. The summed E-state index contributed by atoms with van der Waals surface area (Å²) in [5.74, 6) is 2.58. The molecule has 4 heterocycles. The number of fused-ring (bicyclic) bond motifs is 2. The third kappa shape index (κ3) is 4.60. The first-order chi connectivity index (χ1) is 16.3. The fraction of sp³-hybridized carbons (Fsp3) is 0.417. The van der Waals surface area contributed by atoms with Crippen molar-refractivity contribution in [3.63, 3.8) is 0 Å². The van der Waals surface area contributed by atoms with Crippen molar-refractivity contribution >= 4 is 28.7 Å². The van der Waals surface area contributed by atoms with Crippen LogP contribution in [0.2, 0.25) is 0 Å². The lowest BCUT2D eigenvalue weighted by atomic mass is 10.1. The number of hydrogen-bond acceptors (Lipinski definition) is 9. The Labute approximate surface area is 202 Å². The fourth-order valence-corrected chi connectivity index (χ4v) is 5.02. The Morgan fingerprint density at radius 3 is 2.82 bits per heavy atom. The van der Waals surface area contributed by atoms with Crippen LogP contribution in [0.4, 0.5) is 5.82 Å². The zero-order valence-corrected chi connectivity index (χ0v) is 20.7. The van der Waals surface area contributed by atoms with E-state index >= 15 is 0 Å². The van der Waals surface area contributed by atoms with Crippen molar-refractivity contribution < 1.29 is 9.15 Å². The Morgan fingerprint density at radius 1 is 1.21 bits per heavy atom. The van der Waals surface area contributed by atoms with E-state index in [-0.39, 0.29) is 5.54 Å². The van der Waals surface area contributed by atoms with Crippen LogP contribution in [0.15, 0.2) is 39.1 Å². The highest BCUT2D eigenvalue weighted by Crippen LogP contribution is 2.42. The second kappa shape index (κ2) is 8.92. The lowest BCUT2D eigenvalue weighted by Crippen LogP contribution is -2.36. The van der Waals surface area contributed by atoms with Gasteiger partial charge in [0.25, 0.3) is 0 Å². The van der Waals surface area contributed by atoms with Gasteiger partial charge in [-0.1, -0.05) is 11.8 Å². The van der Waals surface area contributed by atoms with Gasteiger partial charge in [-0.05, 0) is 58.4 Å². The average Bonchev–Trinajstić information content (AvgIpc) is 3.49. The normalized spacial score (nSPS) is 13.4. The second-order valence-corrected chi connectivity index (χ2v) is 10.4. The largest absolute Gasteiger partial charge is 0.493 e. The van der Waals surface area contributed by atoms with E-state index in [9.17, 15) is 0 Å². The number of ether oxygens (including phenoxy) is 1. The van der Waals surface area contributed by atoms with Gasteiger partial charge in [-0.2, -0.15) is 0 Å². The SMILES string of the molecule is Cc1cnc(-c2cc3c(cc2Sc2nc4c(N)ncnc4n2CCCNC(C)(C)C)CCO3)o1. The molecule has 0 unspecified atom stereocenters. The molecule has 0 atom stereocenters. The quantitative estimate of drug-likeness (QED) is 0.375. The van der Waals surface area contributed by atoms with E-state index in [1.165, 1.54) is 11.9 Å². The maximum Gasteiger partial charge on any atom is 0.227 e. The van der Waals surface area contributed by atoms with Crippen LogP contribution >= 0.6 is 11.8 Å². The number of imidazole rings is 1. The molecule has 1 aliphatic heterocycles. The van der Waals surface area contributed by atoms with Crippen LogP contribution in [-0.2, 0) is 13.0 Å². The van der Waals surface area contributed by atoms with E-state index in [0.29, 0.717) is 23.8 Å². The highest BCUT2D eigenvalue weighted by atomic mass is 32.2. The van der Waals surface area contributed by atoms with Gasteiger partial charge in [0, 0.05) is 23.4 Å². The van der Waals surface area contributed by atoms with Gasteiger partial charge in [-0.25, -0.2) is 19.9 Å². The van der Waals surface area contributed by atoms with Crippen LogP contribution < -0.4 is 15.8 Å². The van der Waals surface area contributed by atoms with Gasteiger partial charge in [0.1, 0.15) is 17.8 Å². The number of anilines is 1. The molecule has 5 rings (SSSR count). The first-order valence-electron chi connectivity index (χ1n) is 11.4. The summed E-state index contributed by atoms with van der Waals surface area (Å²) in [7, 11) is 0. The van der Waals surface area contributed by atoms with Gasteiger partial charge in [-0.15, -0.1) is 0 Å². The zero-order chi connectivity index (χ0) is 23.9. The average molecular weight is 480 g/mol. The van der Waals surface area contributed by atoms with Crippen LogP contribution in [-0.4, -0.2) is 43.2 Å². The molecule has 3 aromatic heterocycles. The smallest absolute Gasteiger partial charge is 0.227 e. The number of hydrogen-bond donors (Lipinski definition) is 2. The standard InChI is InChI=1S/C24H29N7O2S/c1-14-12-26-22(33-14)16-11-17-15(6-9-32-17)10-18(16)34-23-30-19-20(25)27-13-28-21(19)31(23)8-5-7-29-24(2,3)4/h10-13,29H,5-9H2,1-4H3,(H2,25,27,28). The second-order valence-electron chi connectivity index (χ2n) is 9.44. The number of oxazole rings is 1. The van der Waals surface area contributed by atoms with Gasteiger partial charge in [-0.3, -0.25) is 0 Å². The Hall–Kier alpha value is -3.11. The van der Waals surface area contributed by atoms with Crippen molar-refractivity contribution in [1.82, 2.24) is 29.8 Å². The summed E-state index contributed by atoms with van der Waals surface area (Å²) < 4.78 is 13.8. The highest BCUT2D eigenvalue weighted by molar-refractivity contribution is 7.99. The first-order valence-corrected chi connectivity index (χ1v) is 12.2. The Morgan fingerprint density at radius 2 is 2.06 bits per heavy atom. The molecule has 0 saturated heterocycles.